The number of carbonyl (C=O) groups is 1. The van der Waals surface area contributed by atoms with Gasteiger partial charge in [0.25, 0.3) is 0 Å². The van der Waals surface area contributed by atoms with E-state index in [1.165, 1.54) is 0 Å². The number of para-hydroxylation sites is 1. The molecule has 2 aromatic carbocycles. The van der Waals surface area contributed by atoms with Crippen LogP contribution in [0.1, 0.15) is 5.56 Å². The van der Waals surface area contributed by atoms with Crippen molar-refractivity contribution in [2.24, 2.45) is 0 Å². The van der Waals surface area contributed by atoms with Crippen molar-refractivity contribution in [2.75, 3.05) is 17.2 Å². The first-order valence-electron chi connectivity index (χ1n) is 5.97. The molecule has 0 spiro atoms. The van der Waals surface area contributed by atoms with E-state index in [0.29, 0.717) is 5.56 Å². The normalized spacial score (nSPS) is 9.60. The summed E-state index contributed by atoms with van der Waals surface area (Å²) in [5, 5.41) is 14.6. The van der Waals surface area contributed by atoms with E-state index in [4.69, 9.17) is 5.26 Å². The monoisotopic (exact) mass is 329 g/mol. The zero-order chi connectivity index (χ0) is 14.4. The number of benzene rings is 2. The minimum atomic E-state index is -0.153. The molecule has 2 rings (SSSR count). The van der Waals surface area contributed by atoms with E-state index in [-0.39, 0.29) is 12.5 Å². The molecule has 0 radical (unpaired) electrons. The number of nitriles is 1. The molecule has 20 heavy (non-hydrogen) atoms. The maximum Gasteiger partial charge on any atom is 0.243 e. The molecular formula is C15H12BrN3O. The number of hydrogen-bond acceptors (Lipinski definition) is 3. The molecule has 0 bridgehead atoms. The number of hydrogen-bond donors (Lipinski definition) is 2. The predicted octanol–water partition coefficient (Wildman–Crippen LogP) is 3.37. The molecule has 2 aromatic rings. The van der Waals surface area contributed by atoms with E-state index >= 15 is 0 Å². The number of carbonyl (C=O) groups excluding carboxylic acids is 1. The first-order chi connectivity index (χ1) is 9.69. The lowest BCUT2D eigenvalue weighted by Gasteiger charge is -2.09. The maximum atomic E-state index is 11.8. The van der Waals surface area contributed by atoms with Gasteiger partial charge in [-0.3, -0.25) is 4.79 Å². The van der Waals surface area contributed by atoms with Crippen molar-refractivity contribution < 1.29 is 4.79 Å². The average Bonchev–Trinajstić information content (AvgIpc) is 2.48. The van der Waals surface area contributed by atoms with Crippen LogP contribution in [0.3, 0.4) is 0 Å². The van der Waals surface area contributed by atoms with E-state index < -0.39 is 0 Å². The molecule has 0 aliphatic rings. The first-order valence-corrected chi connectivity index (χ1v) is 6.77. The van der Waals surface area contributed by atoms with Crippen molar-refractivity contribution in [1.29, 1.82) is 5.26 Å². The number of nitrogens with one attached hydrogen (secondary N) is 2. The second kappa shape index (κ2) is 6.73. The molecule has 0 saturated heterocycles. The Kier molecular flexibility index (Phi) is 4.75. The molecule has 0 atom stereocenters. The predicted molar refractivity (Wildman–Crippen MR) is 82.4 cm³/mol. The Morgan fingerprint density at radius 2 is 2.00 bits per heavy atom. The van der Waals surface area contributed by atoms with Crippen LogP contribution in [0.2, 0.25) is 0 Å². The van der Waals surface area contributed by atoms with Crippen LogP contribution in [0.4, 0.5) is 11.4 Å². The van der Waals surface area contributed by atoms with Gasteiger partial charge in [0, 0.05) is 10.2 Å². The summed E-state index contributed by atoms with van der Waals surface area (Å²) >= 11 is 3.37. The van der Waals surface area contributed by atoms with Crippen molar-refractivity contribution >= 4 is 33.2 Å². The summed E-state index contributed by atoms with van der Waals surface area (Å²) in [4.78, 5) is 11.8. The highest BCUT2D eigenvalue weighted by molar-refractivity contribution is 9.10. The number of rotatable bonds is 4. The van der Waals surface area contributed by atoms with Gasteiger partial charge in [-0.15, -0.1) is 0 Å². The van der Waals surface area contributed by atoms with E-state index in [1.54, 1.807) is 18.2 Å². The molecule has 0 saturated carbocycles. The lowest BCUT2D eigenvalue weighted by Crippen LogP contribution is -2.21. The molecule has 4 nitrogen and oxygen atoms in total. The fourth-order valence-corrected chi connectivity index (χ4v) is 2.02. The second-order valence-corrected chi connectivity index (χ2v) is 4.93. The Morgan fingerprint density at radius 3 is 2.75 bits per heavy atom. The van der Waals surface area contributed by atoms with E-state index in [1.807, 2.05) is 30.3 Å². The van der Waals surface area contributed by atoms with Crippen LogP contribution >= 0.6 is 15.9 Å². The zero-order valence-electron chi connectivity index (χ0n) is 10.6. The van der Waals surface area contributed by atoms with Gasteiger partial charge >= 0.3 is 0 Å². The van der Waals surface area contributed by atoms with Crippen molar-refractivity contribution in [2.45, 2.75) is 0 Å². The van der Waals surface area contributed by atoms with Crippen LogP contribution in [-0.2, 0) is 4.79 Å². The highest BCUT2D eigenvalue weighted by Gasteiger charge is 2.04. The Bertz CT molecular complexity index is 664. The Hall–Kier alpha value is -2.32. The van der Waals surface area contributed by atoms with Gasteiger partial charge in [0.15, 0.2) is 0 Å². The number of amides is 1. The van der Waals surface area contributed by atoms with Crippen molar-refractivity contribution in [3.05, 3.63) is 58.6 Å². The van der Waals surface area contributed by atoms with E-state index in [0.717, 1.165) is 15.8 Å². The number of anilines is 2. The Balaban J connectivity index is 1.93. The average molecular weight is 330 g/mol. The minimum Gasteiger partial charge on any atom is -0.376 e. The van der Waals surface area contributed by atoms with Crippen molar-refractivity contribution in [1.82, 2.24) is 0 Å². The van der Waals surface area contributed by atoms with Crippen molar-refractivity contribution in [3.63, 3.8) is 0 Å². The largest absolute Gasteiger partial charge is 0.376 e. The van der Waals surface area contributed by atoms with Gasteiger partial charge in [0.1, 0.15) is 0 Å². The SMILES string of the molecule is N#Cc1cccc(NCC(=O)Nc2ccccc2Br)c1. The second-order valence-electron chi connectivity index (χ2n) is 4.07. The molecule has 0 unspecified atom stereocenters. The van der Waals surface area contributed by atoms with Crippen LogP contribution in [0.25, 0.3) is 0 Å². The van der Waals surface area contributed by atoms with Gasteiger partial charge in [-0.2, -0.15) is 5.26 Å². The quantitative estimate of drug-likeness (QED) is 0.903. The summed E-state index contributed by atoms with van der Waals surface area (Å²) in [6, 6.07) is 16.5. The molecule has 2 N–H and O–H groups in total. The Morgan fingerprint density at radius 1 is 1.20 bits per heavy atom. The fourth-order valence-electron chi connectivity index (χ4n) is 1.64. The summed E-state index contributed by atoms with van der Waals surface area (Å²) in [6.45, 7) is 0.135. The molecular weight excluding hydrogens is 318 g/mol. The first kappa shape index (κ1) is 14.1. The third-order valence-electron chi connectivity index (χ3n) is 2.59. The Labute approximate surface area is 125 Å². The third-order valence-corrected chi connectivity index (χ3v) is 3.28. The summed E-state index contributed by atoms with van der Waals surface area (Å²) in [5.74, 6) is -0.153. The van der Waals surface area contributed by atoms with Gasteiger partial charge in [0.2, 0.25) is 5.91 Å². The molecule has 0 heterocycles. The fraction of sp³-hybridized carbons (Fsp3) is 0.0667. The lowest BCUT2D eigenvalue weighted by atomic mass is 10.2. The molecule has 5 heteroatoms. The molecule has 0 aliphatic carbocycles. The van der Waals surface area contributed by atoms with E-state index in [2.05, 4.69) is 32.6 Å². The van der Waals surface area contributed by atoms with E-state index in [9.17, 15) is 4.79 Å². The van der Waals surface area contributed by atoms with Gasteiger partial charge in [-0.05, 0) is 46.3 Å². The number of halogens is 1. The standard InChI is InChI=1S/C15H12BrN3O/c16-13-6-1-2-7-14(13)19-15(20)10-18-12-5-3-4-11(8-12)9-17/h1-8,18H,10H2,(H,19,20). The molecule has 0 fully saturated rings. The summed E-state index contributed by atoms with van der Waals surface area (Å²) in [6.07, 6.45) is 0. The molecule has 0 aliphatic heterocycles. The highest BCUT2D eigenvalue weighted by Crippen LogP contribution is 2.21. The maximum absolute atomic E-state index is 11.8. The van der Waals surface area contributed by atoms with Crippen LogP contribution in [-0.4, -0.2) is 12.5 Å². The van der Waals surface area contributed by atoms with Gasteiger partial charge in [-0.25, -0.2) is 0 Å². The zero-order valence-corrected chi connectivity index (χ0v) is 12.1. The third kappa shape index (κ3) is 3.84. The summed E-state index contributed by atoms with van der Waals surface area (Å²) < 4.78 is 0.833. The topological polar surface area (TPSA) is 64.9 Å². The van der Waals surface area contributed by atoms with Crippen LogP contribution in [0.5, 0.6) is 0 Å². The molecule has 100 valence electrons. The van der Waals surface area contributed by atoms with Crippen LogP contribution in [0.15, 0.2) is 53.0 Å². The van der Waals surface area contributed by atoms with Gasteiger partial charge in [0.05, 0.1) is 23.9 Å². The summed E-state index contributed by atoms with van der Waals surface area (Å²) in [5.41, 5.74) is 2.03. The van der Waals surface area contributed by atoms with Crippen molar-refractivity contribution in [3.8, 4) is 6.07 Å². The molecule has 0 aromatic heterocycles. The van der Waals surface area contributed by atoms with Crippen LogP contribution in [0, 0.1) is 11.3 Å². The van der Waals surface area contributed by atoms with Crippen LogP contribution < -0.4 is 10.6 Å². The highest BCUT2D eigenvalue weighted by atomic mass is 79.9. The smallest absolute Gasteiger partial charge is 0.243 e. The lowest BCUT2D eigenvalue weighted by molar-refractivity contribution is -0.114. The summed E-state index contributed by atoms with van der Waals surface area (Å²) in [7, 11) is 0. The molecule has 1 amide bonds. The van der Waals surface area contributed by atoms with Gasteiger partial charge < -0.3 is 10.6 Å². The number of nitrogens with zero attached hydrogens (tertiary/aromatic N) is 1. The minimum absolute atomic E-state index is 0.135. The van der Waals surface area contributed by atoms with Gasteiger partial charge in [-0.1, -0.05) is 18.2 Å².